The number of hydrogen-bond donors (Lipinski definition) is 2. The lowest BCUT2D eigenvalue weighted by atomic mass is 10.2. The van der Waals surface area contributed by atoms with Gasteiger partial charge in [0.15, 0.2) is 6.61 Å². The molecule has 0 fully saturated rings. The summed E-state index contributed by atoms with van der Waals surface area (Å²) in [6.45, 7) is 0.694. The van der Waals surface area contributed by atoms with Crippen LogP contribution in [0, 0.1) is 6.92 Å². The van der Waals surface area contributed by atoms with Crippen LogP contribution in [0.15, 0.2) is 53.9 Å². The van der Waals surface area contributed by atoms with Gasteiger partial charge in [0.25, 0.3) is 5.91 Å². The second-order valence-electron chi connectivity index (χ2n) is 5.77. The molecule has 0 aliphatic rings. The summed E-state index contributed by atoms with van der Waals surface area (Å²) >= 11 is 6.00. The predicted octanol–water partition coefficient (Wildman–Crippen LogP) is 2.72. The molecular weight excluding hydrogens is 404 g/mol. The smallest absolute Gasteiger partial charge is 0.321 e. The van der Waals surface area contributed by atoms with Crippen LogP contribution < -0.4 is 10.0 Å². The van der Waals surface area contributed by atoms with Gasteiger partial charge in [0.1, 0.15) is 6.54 Å². The van der Waals surface area contributed by atoms with Crippen LogP contribution in [0.1, 0.15) is 11.1 Å². The van der Waals surface area contributed by atoms with Gasteiger partial charge in [-0.2, -0.15) is 0 Å². The summed E-state index contributed by atoms with van der Waals surface area (Å²) in [5.41, 5.74) is 2.02. The molecule has 0 radical (unpaired) electrons. The number of halogens is 1. The van der Waals surface area contributed by atoms with Crippen LogP contribution in [-0.2, 0) is 24.3 Å². The number of sulfonamides is 1. The Morgan fingerprint density at radius 3 is 2.54 bits per heavy atom. The minimum Gasteiger partial charge on any atom is -0.455 e. The fraction of sp³-hybridized carbons (Fsp3) is 0.158. The summed E-state index contributed by atoms with van der Waals surface area (Å²) in [6.07, 6.45) is 1.40. The minimum absolute atomic E-state index is 0.359. The Bertz CT molecular complexity index is 975. The summed E-state index contributed by atoms with van der Waals surface area (Å²) in [5, 5.41) is 3.81. The minimum atomic E-state index is -3.82. The highest BCUT2D eigenvalue weighted by Crippen LogP contribution is 2.22. The van der Waals surface area contributed by atoms with Crippen molar-refractivity contribution in [3.05, 3.63) is 70.1 Å². The van der Waals surface area contributed by atoms with E-state index in [9.17, 15) is 18.0 Å². The Morgan fingerprint density at radius 2 is 1.86 bits per heavy atom. The molecule has 2 rings (SSSR count). The fourth-order valence-electron chi connectivity index (χ4n) is 2.04. The molecule has 0 aliphatic heterocycles. The molecule has 2 aromatic rings. The van der Waals surface area contributed by atoms with Crippen molar-refractivity contribution in [1.29, 1.82) is 0 Å². The van der Waals surface area contributed by atoms with Crippen LogP contribution in [0.4, 0.5) is 5.69 Å². The average molecular weight is 423 g/mol. The molecule has 0 atom stereocenters. The zero-order valence-corrected chi connectivity index (χ0v) is 16.6. The molecule has 0 saturated heterocycles. The number of aryl methyl sites for hydroxylation is 1. The van der Waals surface area contributed by atoms with Crippen molar-refractivity contribution in [2.45, 2.75) is 6.92 Å². The van der Waals surface area contributed by atoms with Gasteiger partial charge >= 0.3 is 5.97 Å². The molecule has 1 amide bonds. The van der Waals surface area contributed by atoms with E-state index in [0.29, 0.717) is 16.3 Å². The third-order valence-corrected chi connectivity index (χ3v) is 4.77. The number of carbonyl (C=O) groups excluding carboxylic acids is 2. The molecule has 2 aromatic carbocycles. The van der Waals surface area contributed by atoms with Gasteiger partial charge in [0, 0.05) is 5.41 Å². The van der Waals surface area contributed by atoms with Crippen LogP contribution in [0.25, 0.3) is 6.08 Å². The number of ether oxygens (including phenoxy) is 1. The maximum atomic E-state index is 11.9. The molecule has 0 aromatic heterocycles. The van der Waals surface area contributed by atoms with Gasteiger partial charge in [0.2, 0.25) is 10.0 Å². The van der Waals surface area contributed by atoms with Gasteiger partial charge in [-0.05, 0) is 36.3 Å². The van der Waals surface area contributed by atoms with Crippen LogP contribution in [0.2, 0.25) is 5.02 Å². The maximum Gasteiger partial charge on any atom is 0.321 e. The van der Waals surface area contributed by atoms with Gasteiger partial charge in [-0.1, -0.05) is 48.0 Å². The van der Waals surface area contributed by atoms with Crippen molar-refractivity contribution in [2.24, 2.45) is 0 Å². The monoisotopic (exact) mass is 422 g/mol. The topological polar surface area (TPSA) is 102 Å². The van der Waals surface area contributed by atoms with Crippen molar-refractivity contribution in [2.75, 3.05) is 18.5 Å². The second-order valence-corrected chi connectivity index (χ2v) is 7.83. The normalized spacial score (nSPS) is 11.4. The van der Waals surface area contributed by atoms with E-state index in [1.54, 1.807) is 42.5 Å². The summed E-state index contributed by atoms with van der Waals surface area (Å²) in [7, 11) is -3.82. The second kappa shape index (κ2) is 10.0. The Hall–Kier alpha value is -2.68. The van der Waals surface area contributed by atoms with E-state index in [-0.39, 0.29) is 0 Å². The number of nitrogens with one attached hydrogen (secondary N) is 2. The summed E-state index contributed by atoms with van der Waals surface area (Å²) in [5.74, 6) is -1.48. The largest absolute Gasteiger partial charge is 0.455 e. The van der Waals surface area contributed by atoms with Gasteiger partial charge in [-0.3, -0.25) is 9.59 Å². The predicted molar refractivity (Wildman–Crippen MR) is 108 cm³/mol. The Balaban J connectivity index is 1.77. The van der Waals surface area contributed by atoms with Crippen molar-refractivity contribution >= 4 is 45.3 Å². The summed E-state index contributed by atoms with van der Waals surface area (Å²) < 4.78 is 30.5. The molecule has 148 valence electrons. The van der Waals surface area contributed by atoms with E-state index in [1.165, 1.54) is 6.08 Å². The Kier molecular flexibility index (Phi) is 7.74. The standard InChI is InChI=1S/C19H19ClN2O5S/c1-14-7-8-17(16(20)11-14)22-18(23)13-27-19(24)12-21-28(25,26)10-9-15-5-3-2-4-6-15/h2-11,21H,12-13H2,1H3,(H,22,23)/b10-9+. The highest BCUT2D eigenvalue weighted by molar-refractivity contribution is 7.92. The number of amides is 1. The van der Waals surface area contributed by atoms with E-state index in [2.05, 4.69) is 10.0 Å². The van der Waals surface area contributed by atoms with E-state index in [0.717, 1.165) is 11.0 Å². The van der Waals surface area contributed by atoms with Gasteiger partial charge in [-0.15, -0.1) is 0 Å². The van der Waals surface area contributed by atoms with E-state index in [1.807, 2.05) is 13.0 Å². The number of benzene rings is 2. The highest BCUT2D eigenvalue weighted by atomic mass is 35.5. The maximum absolute atomic E-state index is 11.9. The number of esters is 1. The molecule has 7 nitrogen and oxygen atoms in total. The molecule has 28 heavy (non-hydrogen) atoms. The molecule has 0 heterocycles. The van der Waals surface area contributed by atoms with Gasteiger partial charge in [-0.25, -0.2) is 13.1 Å². The molecule has 0 aliphatic carbocycles. The van der Waals surface area contributed by atoms with Crippen molar-refractivity contribution in [1.82, 2.24) is 4.72 Å². The first-order valence-corrected chi connectivity index (χ1v) is 10.1. The van der Waals surface area contributed by atoms with E-state index in [4.69, 9.17) is 16.3 Å². The van der Waals surface area contributed by atoms with Crippen LogP contribution >= 0.6 is 11.6 Å². The lowest BCUT2D eigenvalue weighted by Gasteiger charge is -2.09. The molecule has 2 N–H and O–H groups in total. The molecule has 0 bridgehead atoms. The van der Waals surface area contributed by atoms with E-state index < -0.39 is 35.1 Å². The molecule has 0 saturated carbocycles. The lowest BCUT2D eigenvalue weighted by Crippen LogP contribution is -2.31. The summed E-state index contributed by atoms with van der Waals surface area (Å²) in [6, 6.07) is 13.9. The highest BCUT2D eigenvalue weighted by Gasteiger charge is 2.12. The van der Waals surface area contributed by atoms with Crippen molar-refractivity contribution in [3.8, 4) is 0 Å². The zero-order chi connectivity index (χ0) is 20.6. The average Bonchev–Trinajstić information content (AvgIpc) is 2.66. The molecular formula is C19H19ClN2O5S. The Labute approximate surface area is 168 Å². The molecule has 9 heteroatoms. The number of hydrogen-bond acceptors (Lipinski definition) is 5. The summed E-state index contributed by atoms with van der Waals surface area (Å²) in [4.78, 5) is 23.5. The lowest BCUT2D eigenvalue weighted by molar-refractivity contribution is -0.146. The first kappa shape index (κ1) is 21.6. The van der Waals surface area contributed by atoms with Gasteiger partial charge < -0.3 is 10.1 Å². The quantitative estimate of drug-likeness (QED) is 0.637. The number of carbonyl (C=O) groups is 2. The molecule has 0 spiro atoms. The van der Waals surface area contributed by atoms with Crippen LogP contribution in [0.3, 0.4) is 0 Å². The van der Waals surface area contributed by atoms with Crippen molar-refractivity contribution in [3.63, 3.8) is 0 Å². The van der Waals surface area contributed by atoms with Crippen molar-refractivity contribution < 1.29 is 22.7 Å². The Morgan fingerprint density at radius 1 is 1.14 bits per heavy atom. The first-order valence-electron chi connectivity index (χ1n) is 8.19. The van der Waals surface area contributed by atoms with Crippen LogP contribution in [0.5, 0.6) is 0 Å². The SMILES string of the molecule is Cc1ccc(NC(=O)COC(=O)CNS(=O)(=O)/C=C/c2ccccc2)c(Cl)c1. The molecule has 0 unspecified atom stereocenters. The fourth-order valence-corrected chi connectivity index (χ4v) is 3.08. The third kappa shape index (κ3) is 7.51. The van der Waals surface area contributed by atoms with Gasteiger partial charge in [0.05, 0.1) is 10.7 Å². The number of rotatable bonds is 8. The zero-order valence-electron chi connectivity index (χ0n) is 15.0. The van der Waals surface area contributed by atoms with Crippen LogP contribution in [-0.4, -0.2) is 33.4 Å². The first-order chi connectivity index (χ1) is 13.2. The third-order valence-electron chi connectivity index (χ3n) is 3.42. The van der Waals surface area contributed by atoms with E-state index >= 15 is 0 Å². The number of anilines is 1.